The quantitative estimate of drug-likeness (QED) is 0.639. The number of nitrogens with zero attached hydrogens (tertiary/aromatic N) is 1. The van der Waals surface area contributed by atoms with E-state index >= 15 is 0 Å². The highest BCUT2D eigenvalue weighted by Gasteiger charge is 2.40. The first kappa shape index (κ1) is 22.4. The van der Waals surface area contributed by atoms with E-state index in [0.717, 1.165) is 18.8 Å². The Balaban J connectivity index is 2.69. The molecular weight excluding hydrogens is 370 g/mol. The van der Waals surface area contributed by atoms with Crippen LogP contribution in [0.5, 0.6) is 17.2 Å². The molecule has 1 atom stereocenters. The number of aliphatic carboxylic acids is 1. The van der Waals surface area contributed by atoms with E-state index in [1.165, 1.54) is 7.11 Å². The Kier molecular flexibility index (Phi) is 7.37. The predicted octanol–water partition coefficient (Wildman–Crippen LogP) is 4.34. The molecule has 1 unspecified atom stereocenters. The summed E-state index contributed by atoms with van der Waals surface area (Å²) >= 11 is 0. The molecule has 6 heteroatoms. The number of carboxylic acids is 1. The van der Waals surface area contributed by atoms with Gasteiger partial charge < -0.3 is 24.2 Å². The van der Waals surface area contributed by atoms with Crippen LogP contribution in [0.4, 0.5) is 5.69 Å². The van der Waals surface area contributed by atoms with Gasteiger partial charge in [-0.15, -0.1) is 0 Å². The first-order chi connectivity index (χ1) is 13.9. The van der Waals surface area contributed by atoms with Crippen LogP contribution in [-0.2, 0) is 10.2 Å². The topological polar surface area (TPSA) is 68.2 Å². The van der Waals surface area contributed by atoms with E-state index in [0.29, 0.717) is 35.0 Å². The molecular formula is C23H31NO5. The Morgan fingerprint density at radius 3 is 2.14 bits per heavy atom. The zero-order valence-corrected chi connectivity index (χ0v) is 18.1. The molecule has 0 saturated carbocycles. The lowest BCUT2D eigenvalue weighted by atomic mass is 9.75. The van der Waals surface area contributed by atoms with Crippen molar-refractivity contribution in [3.05, 3.63) is 47.5 Å². The van der Waals surface area contributed by atoms with Gasteiger partial charge in [0.1, 0.15) is 11.2 Å². The number of rotatable bonds is 10. The standard InChI is InChI=1S/C23H31NO5/c1-7-24(8-2)17-11-12-18(20(15-17)29-9-3)23(4,22(25)26)16-10-13-19(27-5)21(14-16)28-6/h10-15H,7-9H2,1-6H3,(H,25,26). The lowest BCUT2D eigenvalue weighted by Crippen LogP contribution is -2.34. The summed E-state index contributed by atoms with van der Waals surface area (Å²) in [4.78, 5) is 14.7. The van der Waals surface area contributed by atoms with Crippen LogP contribution in [0.25, 0.3) is 0 Å². The molecule has 0 aliphatic rings. The third-order valence-corrected chi connectivity index (χ3v) is 5.32. The summed E-state index contributed by atoms with van der Waals surface area (Å²) in [5.74, 6) is 0.624. The molecule has 0 aliphatic carbocycles. The fraction of sp³-hybridized carbons (Fsp3) is 0.435. The molecule has 0 spiro atoms. The summed E-state index contributed by atoms with van der Waals surface area (Å²) in [7, 11) is 3.08. The SMILES string of the molecule is CCOc1cc(N(CC)CC)ccc1C(C)(C(=O)O)c1ccc(OC)c(OC)c1. The molecule has 0 amide bonds. The second kappa shape index (κ2) is 9.54. The van der Waals surface area contributed by atoms with Crippen molar-refractivity contribution in [2.24, 2.45) is 0 Å². The molecule has 0 radical (unpaired) electrons. The highest BCUT2D eigenvalue weighted by atomic mass is 16.5. The molecule has 0 saturated heterocycles. The van der Waals surface area contributed by atoms with Gasteiger partial charge in [-0.2, -0.15) is 0 Å². The fourth-order valence-corrected chi connectivity index (χ4v) is 3.53. The molecule has 0 heterocycles. The van der Waals surface area contributed by atoms with Crippen molar-refractivity contribution in [3.63, 3.8) is 0 Å². The molecule has 6 nitrogen and oxygen atoms in total. The molecule has 1 N–H and O–H groups in total. The zero-order valence-electron chi connectivity index (χ0n) is 18.1. The minimum absolute atomic E-state index is 0.441. The molecule has 2 rings (SSSR count). The Morgan fingerprint density at radius 2 is 1.62 bits per heavy atom. The lowest BCUT2D eigenvalue weighted by molar-refractivity contribution is -0.141. The number of methoxy groups -OCH3 is 2. The molecule has 158 valence electrons. The smallest absolute Gasteiger partial charge is 0.318 e. The normalized spacial score (nSPS) is 12.8. The van der Waals surface area contributed by atoms with Crippen LogP contribution in [0.2, 0.25) is 0 Å². The summed E-state index contributed by atoms with van der Waals surface area (Å²) in [6.07, 6.45) is 0. The van der Waals surface area contributed by atoms with E-state index in [-0.39, 0.29) is 0 Å². The van der Waals surface area contributed by atoms with Crippen molar-refractivity contribution in [3.8, 4) is 17.2 Å². The Labute approximate surface area is 173 Å². The minimum atomic E-state index is -1.33. The van der Waals surface area contributed by atoms with Gasteiger partial charge in [-0.3, -0.25) is 4.79 Å². The van der Waals surface area contributed by atoms with Gasteiger partial charge in [-0.05, 0) is 51.5 Å². The second-order valence-corrected chi connectivity index (χ2v) is 6.79. The zero-order chi connectivity index (χ0) is 21.6. The van der Waals surface area contributed by atoms with E-state index in [4.69, 9.17) is 14.2 Å². The first-order valence-corrected chi connectivity index (χ1v) is 9.85. The van der Waals surface area contributed by atoms with Crippen LogP contribution in [0, 0.1) is 0 Å². The van der Waals surface area contributed by atoms with Gasteiger partial charge in [0.25, 0.3) is 0 Å². The van der Waals surface area contributed by atoms with Gasteiger partial charge in [-0.25, -0.2) is 0 Å². The maximum Gasteiger partial charge on any atom is 0.318 e. The number of hydrogen-bond donors (Lipinski definition) is 1. The van der Waals surface area contributed by atoms with Crippen molar-refractivity contribution in [2.45, 2.75) is 33.1 Å². The van der Waals surface area contributed by atoms with E-state index in [9.17, 15) is 9.90 Å². The van der Waals surface area contributed by atoms with Gasteiger partial charge in [-0.1, -0.05) is 12.1 Å². The fourth-order valence-electron chi connectivity index (χ4n) is 3.53. The molecule has 0 aliphatic heterocycles. The molecule has 2 aromatic carbocycles. The lowest BCUT2D eigenvalue weighted by Gasteiger charge is -2.30. The average Bonchev–Trinajstić information content (AvgIpc) is 2.73. The molecule has 0 bridgehead atoms. The predicted molar refractivity (Wildman–Crippen MR) is 115 cm³/mol. The van der Waals surface area contributed by atoms with Crippen LogP contribution in [0.1, 0.15) is 38.8 Å². The highest BCUT2D eigenvalue weighted by molar-refractivity contribution is 5.87. The molecule has 2 aromatic rings. The summed E-state index contributed by atoms with van der Waals surface area (Å²) in [6.45, 7) is 9.90. The first-order valence-electron chi connectivity index (χ1n) is 9.85. The van der Waals surface area contributed by atoms with Crippen LogP contribution >= 0.6 is 0 Å². The number of benzene rings is 2. The molecule has 29 heavy (non-hydrogen) atoms. The van der Waals surface area contributed by atoms with Gasteiger partial charge in [0.15, 0.2) is 11.5 Å². The van der Waals surface area contributed by atoms with E-state index < -0.39 is 11.4 Å². The monoisotopic (exact) mass is 401 g/mol. The number of hydrogen-bond acceptors (Lipinski definition) is 5. The van der Waals surface area contributed by atoms with Gasteiger partial charge in [0.05, 0.1) is 20.8 Å². The van der Waals surface area contributed by atoms with Crippen LogP contribution in [-0.4, -0.2) is 45.0 Å². The summed E-state index contributed by atoms with van der Waals surface area (Å²) in [5, 5.41) is 10.3. The van der Waals surface area contributed by atoms with Crippen LogP contribution in [0.3, 0.4) is 0 Å². The highest BCUT2D eigenvalue weighted by Crippen LogP contribution is 2.42. The Hall–Kier alpha value is -2.89. The van der Waals surface area contributed by atoms with Gasteiger partial charge >= 0.3 is 5.97 Å². The van der Waals surface area contributed by atoms with Crippen molar-refractivity contribution in [1.82, 2.24) is 0 Å². The van der Waals surface area contributed by atoms with Crippen molar-refractivity contribution >= 4 is 11.7 Å². The average molecular weight is 402 g/mol. The number of carboxylic acid groups (broad SMARTS) is 1. The van der Waals surface area contributed by atoms with Gasteiger partial charge in [0, 0.05) is 30.4 Å². The largest absolute Gasteiger partial charge is 0.493 e. The molecule has 0 aromatic heterocycles. The van der Waals surface area contributed by atoms with E-state index in [1.807, 2.05) is 25.1 Å². The van der Waals surface area contributed by atoms with E-state index in [1.54, 1.807) is 32.2 Å². The third-order valence-electron chi connectivity index (χ3n) is 5.32. The van der Waals surface area contributed by atoms with Crippen molar-refractivity contribution < 1.29 is 24.1 Å². The Bertz CT molecular complexity index is 847. The van der Waals surface area contributed by atoms with E-state index in [2.05, 4.69) is 18.7 Å². The second-order valence-electron chi connectivity index (χ2n) is 6.79. The number of carbonyl (C=O) groups is 1. The summed E-state index contributed by atoms with van der Waals surface area (Å²) in [6, 6.07) is 10.9. The van der Waals surface area contributed by atoms with Crippen molar-refractivity contribution in [2.75, 3.05) is 38.8 Å². The summed E-state index contributed by atoms with van der Waals surface area (Å²) in [5.41, 5.74) is 0.850. The van der Waals surface area contributed by atoms with Gasteiger partial charge in [0.2, 0.25) is 0 Å². The number of anilines is 1. The van der Waals surface area contributed by atoms with Crippen molar-refractivity contribution in [1.29, 1.82) is 0 Å². The third kappa shape index (κ3) is 4.26. The molecule has 0 fully saturated rings. The van der Waals surface area contributed by atoms with Crippen LogP contribution < -0.4 is 19.1 Å². The maximum absolute atomic E-state index is 12.5. The summed E-state index contributed by atoms with van der Waals surface area (Å²) < 4.78 is 16.6. The maximum atomic E-state index is 12.5. The Morgan fingerprint density at radius 1 is 0.966 bits per heavy atom. The minimum Gasteiger partial charge on any atom is -0.493 e. The number of ether oxygens (including phenoxy) is 3. The van der Waals surface area contributed by atoms with Crippen LogP contribution in [0.15, 0.2) is 36.4 Å².